The van der Waals surface area contributed by atoms with E-state index in [0.29, 0.717) is 18.6 Å². The molecule has 0 aliphatic carbocycles. The number of unbranched alkanes of at least 4 members (excludes halogenated alkanes) is 1. The highest BCUT2D eigenvalue weighted by atomic mass is 16.1. The van der Waals surface area contributed by atoms with Crippen molar-refractivity contribution in [3.63, 3.8) is 0 Å². The van der Waals surface area contributed by atoms with Gasteiger partial charge in [0.1, 0.15) is 5.78 Å². The third-order valence-electron chi connectivity index (χ3n) is 3.95. The molecular weight excluding hydrogens is 270 g/mol. The summed E-state index contributed by atoms with van der Waals surface area (Å²) >= 11 is 0. The van der Waals surface area contributed by atoms with Gasteiger partial charge in [0.2, 0.25) is 0 Å². The molecule has 2 rings (SSSR count). The largest absolute Gasteiger partial charge is 0.399 e. The number of nitrogen functional groups attached to an aromatic ring is 1. The summed E-state index contributed by atoms with van der Waals surface area (Å²) in [4.78, 5) is 11.4. The number of hydrogen-bond acceptors (Lipinski definition) is 2. The maximum Gasteiger partial charge on any atom is 0.136 e. The van der Waals surface area contributed by atoms with Gasteiger partial charge >= 0.3 is 0 Å². The minimum absolute atomic E-state index is 0.301. The van der Waals surface area contributed by atoms with Crippen LogP contribution in [0.1, 0.15) is 42.9 Å². The lowest BCUT2D eigenvalue weighted by atomic mass is 10.0. The maximum absolute atomic E-state index is 11.4. The summed E-state index contributed by atoms with van der Waals surface area (Å²) in [5, 5.41) is 0. The molecule has 0 aromatic heterocycles. The molecule has 22 heavy (non-hydrogen) atoms. The fourth-order valence-corrected chi connectivity index (χ4v) is 2.58. The van der Waals surface area contributed by atoms with Crippen molar-refractivity contribution in [3.8, 4) is 0 Å². The number of anilines is 1. The van der Waals surface area contributed by atoms with Crippen molar-refractivity contribution in [3.05, 3.63) is 65.2 Å². The van der Waals surface area contributed by atoms with Gasteiger partial charge < -0.3 is 5.73 Å². The van der Waals surface area contributed by atoms with Crippen LogP contribution < -0.4 is 5.73 Å². The number of Topliss-reactive ketones (excluding diaryl/α,β-unsaturated/α-hetero) is 1. The second kappa shape index (κ2) is 8.38. The summed E-state index contributed by atoms with van der Waals surface area (Å²) in [5.41, 5.74) is 10.4. The predicted molar refractivity (Wildman–Crippen MR) is 92.9 cm³/mol. The molecule has 0 heterocycles. The molecule has 2 aromatic carbocycles. The summed E-state index contributed by atoms with van der Waals surface area (Å²) in [5.74, 6) is 0.301. The molecule has 0 aliphatic rings. The van der Waals surface area contributed by atoms with Gasteiger partial charge in [0, 0.05) is 18.5 Å². The van der Waals surface area contributed by atoms with Crippen LogP contribution in [0.5, 0.6) is 0 Å². The van der Waals surface area contributed by atoms with E-state index in [1.54, 1.807) is 0 Å². The van der Waals surface area contributed by atoms with Crippen molar-refractivity contribution >= 4 is 11.5 Å². The highest BCUT2D eigenvalue weighted by Crippen LogP contribution is 2.13. The smallest absolute Gasteiger partial charge is 0.136 e. The van der Waals surface area contributed by atoms with Crippen LogP contribution >= 0.6 is 0 Å². The molecule has 2 aromatic rings. The number of hydrogen-bond donors (Lipinski definition) is 1. The predicted octanol–water partition coefficient (Wildman–Crippen LogP) is 4.36. The van der Waals surface area contributed by atoms with E-state index in [9.17, 15) is 4.79 Å². The van der Waals surface area contributed by atoms with E-state index >= 15 is 0 Å². The van der Waals surface area contributed by atoms with Crippen LogP contribution in [0.15, 0.2) is 48.5 Å². The van der Waals surface area contributed by atoms with Crippen molar-refractivity contribution in [2.24, 2.45) is 0 Å². The van der Waals surface area contributed by atoms with E-state index in [0.717, 1.165) is 24.1 Å². The topological polar surface area (TPSA) is 43.1 Å². The molecule has 0 spiro atoms. The number of rotatable bonds is 8. The molecule has 0 atom stereocenters. The molecule has 2 nitrogen and oxygen atoms in total. The van der Waals surface area contributed by atoms with E-state index in [1.807, 2.05) is 19.1 Å². The highest BCUT2D eigenvalue weighted by Gasteiger charge is 2.01. The normalized spacial score (nSPS) is 10.6. The number of ketones is 1. The Balaban J connectivity index is 1.74. The number of carbonyl (C=O) groups is 1. The Morgan fingerprint density at radius 2 is 1.55 bits per heavy atom. The van der Waals surface area contributed by atoms with E-state index < -0.39 is 0 Å². The zero-order chi connectivity index (χ0) is 15.8. The zero-order valence-electron chi connectivity index (χ0n) is 13.3. The Labute approximate surface area is 133 Å². The molecule has 2 heteroatoms. The lowest BCUT2D eigenvalue weighted by molar-refractivity contribution is -0.118. The summed E-state index contributed by atoms with van der Waals surface area (Å²) in [7, 11) is 0. The van der Waals surface area contributed by atoms with Crippen LogP contribution in [0.4, 0.5) is 5.69 Å². The second-order valence-electron chi connectivity index (χ2n) is 5.84. The average Bonchev–Trinajstić information content (AvgIpc) is 2.53. The first-order valence-electron chi connectivity index (χ1n) is 8.11. The summed E-state index contributed by atoms with van der Waals surface area (Å²) in [6.45, 7) is 1.91. The van der Waals surface area contributed by atoms with Gasteiger partial charge in [-0.3, -0.25) is 4.79 Å². The first-order valence-corrected chi connectivity index (χ1v) is 8.11. The van der Waals surface area contributed by atoms with Crippen molar-refractivity contribution in [2.75, 3.05) is 5.73 Å². The van der Waals surface area contributed by atoms with Crippen LogP contribution in [0.3, 0.4) is 0 Å². The van der Waals surface area contributed by atoms with Gasteiger partial charge in [0.25, 0.3) is 0 Å². The highest BCUT2D eigenvalue weighted by molar-refractivity contribution is 5.80. The second-order valence-corrected chi connectivity index (χ2v) is 5.84. The molecule has 2 N–H and O–H groups in total. The summed E-state index contributed by atoms with van der Waals surface area (Å²) in [6.07, 6.45) is 5.68. The molecular formula is C20H25NO. The lowest BCUT2D eigenvalue weighted by Crippen LogP contribution is -2.00. The van der Waals surface area contributed by atoms with E-state index in [1.165, 1.54) is 24.0 Å². The van der Waals surface area contributed by atoms with Gasteiger partial charge in [-0.05, 0) is 54.5 Å². The van der Waals surface area contributed by atoms with Crippen LogP contribution in [-0.2, 0) is 24.1 Å². The fourth-order valence-electron chi connectivity index (χ4n) is 2.58. The summed E-state index contributed by atoms with van der Waals surface area (Å²) < 4.78 is 0. The van der Waals surface area contributed by atoms with Gasteiger partial charge in [0.05, 0.1) is 0 Å². The monoisotopic (exact) mass is 295 g/mol. The van der Waals surface area contributed by atoms with Crippen LogP contribution in [-0.4, -0.2) is 5.78 Å². The van der Waals surface area contributed by atoms with Gasteiger partial charge in [0.15, 0.2) is 0 Å². The Morgan fingerprint density at radius 1 is 0.909 bits per heavy atom. The first kappa shape index (κ1) is 16.3. The molecule has 0 aliphatic heterocycles. The number of carbonyl (C=O) groups excluding carboxylic acids is 1. The zero-order valence-corrected chi connectivity index (χ0v) is 13.3. The minimum Gasteiger partial charge on any atom is -0.399 e. The van der Waals surface area contributed by atoms with Gasteiger partial charge in [-0.1, -0.05) is 43.3 Å². The van der Waals surface area contributed by atoms with Gasteiger partial charge in [-0.2, -0.15) is 0 Å². The van der Waals surface area contributed by atoms with Crippen molar-refractivity contribution in [2.45, 2.75) is 45.4 Å². The standard InChI is InChI=1S/C20H25NO/c1-2-20(22)15-18-12-10-16(11-13-18)6-3-4-7-17-8-5-9-19(21)14-17/h5,8-14H,2-4,6-7,15,21H2,1H3. The van der Waals surface area contributed by atoms with E-state index in [4.69, 9.17) is 5.73 Å². The molecule has 0 saturated carbocycles. The van der Waals surface area contributed by atoms with E-state index in [2.05, 4.69) is 36.4 Å². The van der Waals surface area contributed by atoms with Crippen molar-refractivity contribution in [1.82, 2.24) is 0 Å². The number of nitrogens with two attached hydrogens (primary N) is 1. The number of benzene rings is 2. The molecule has 0 radical (unpaired) electrons. The number of aryl methyl sites for hydroxylation is 2. The Kier molecular flexibility index (Phi) is 6.20. The minimum atomic E-state index is 0.301. The molecule has 0 fully saturated rings. The Morgan fingerprint density at radius 3 is 2.18 bits per heavy atom. The van der Waals surface area contributed by atoms with Crippen LogP contribution in [0.25, 0.3) is 0 Å². The summed E-state index contributed by atoms with van der Waals surface area (Å²) in [6, 6.07) is 16.6. The quantitative estimate of drug-likeness (QED) is 0.581. The van der Waals surface area contributed by atoms with Crippen molar-refractivity contribution < 1.29 is 4.79 Å². The van der Waals surface area contributed by atoms with Gasteiger partial charge in [-0.25, -0.2) is 0 Å². The molecule has 0 unspecified atom stereocenters. The van der Waals surface area contributed by atoms with E-state index in [-0.39, 0.29) is 0 Å². The third-order valence-corrected chi connectivity index (χ3v) is 3.95. The van der Waals surface area contributed by atoms with Crippen LogP contribution in [0.2, 0.25) is 0 Å². The molecule has 116 valence electrons. The SMILES string of the molecule is CCC(=O)Cc1ccc(CCCCc2cccc(N)c2)cc1. The molecule has 0 amide bonds. The lowest BCUT2D eigenvalue weighted by Gasteiger charge is -2.05. The molecule has 0 bridgehead atoms. The van der Waals surface area contributed by atoms with Crippen LogP contribution in [0, 0.1) is 0 Å². The third kappa shape index (κ3) is 5.36. The average molecular weight is 295 g/mol. The van der Waals surface area contributed by atoms with Gasteiger partial charge in [-0.15, -0.1) is 0 Å². The first-order chi connectivity index (χ1) is 10.7. The van der Waals surface area contributed by atoms with Crippen molar-refractivity contribution in [1.29, 1.82) is 0 Å². The maximum atomic E-state index is 11.4. The Hall–Kier alpha value is -2.09. The molecule has 0 saturated heterocycles. The fraction of sp³-hybridized carbons (Fsp3) is 0.350. The Bertz CT molecular complexity index is 601.